The zero-order valence-electron chi connectivity index (χ0n) is 7.28. The number of hydrogen-bond acceptors (Lipinski definition) is 2. The van der Waals surface area contributed by atoms with Crippen molar-refractivity contribution in [1.82, 2.24) is 5.32 Å². The Bertz CT molecular complexity index is 304. The lowest BCUT2D eigenvalue weighted by molar-refractivity contribution is 0.443. The molecule has 66 valence electrons. The van der Waals surface area contributed by atoms with Gasteiger partial charge in [-0.2, -0.15) is 0 Å². The van der Waals surface area contributed by atoms with Crippen molar-refractivity contribution >= 4 is 15.9 Å². The molecule has 0 unspecified atom stereocenters. The number of furan rings is 1. The third kappa shape index (κ3) is 1.12. The summed E-state index contributed by atoms with van der Waals surface area (Å²) in [4.78, 5) is 0. The number of halogens is 1. The van der Waals surface area contributed by atoms with Crippen LogP contribution in [-0.2, 0) is 13.1 Å². The number of fused-ring (bicyclic) bond motifs is 1. The van der Waals surface area contributed by atoms with Crippen molar-refractivity contribution in [2.45, 2.75) is 32.9 Å². The van der Waals surface area contributed by atoms with E-state index in [0.717, 1.165) is 29.1 Å². The minimum absolute atomic E-state index is 0.463. The van der Waals surface area contributed by atoms with Crippen molar-refractivity contribution in [3.8, 4) is 0 Å². The number of rotatable bonds is 1. The maximum Gasteiger partial charge on any atom is 0.123 e. The van der Waals surface area contributed by atoms with Crippen LogP contribution in [0.5, 0.6) is 0 Å². The molecule has 1 aromatic rings. The molecule has 3 heteroatoms. The average molecular weight is 230 g/mol. The Morgan fingerprint density at radius 2 is 2.17 bits per heavy atom. The Labute approximate surface area is 80.5 Å². The molecule has 0 saturated carbocycles. The molecule has 0 radical (unpaired) electrons. The summed E-state index contributed by atoms with van der Waals surface area (Å²) < 4.78 is 6.87. The van der Waals surface area contributed by atoms with Gasteiger partial charge >= 0.3 is 0 Å². The Hall–Kier alpha value is -0.280. The van der Waals surface area contributed by atoms with Crippen molar-refractivity contribution in [2.24, 2.45) is 0 Å². The van der Waals surface area contributed by atoms with E-state index < -0.39 is 0 Å². The molecule has 0 aliphatic carbocycles. The minimum atomic E-state index is 0.463. The van der Waals surface area contributed by atoms with Crippen LogP contribution in [0.25, 0.3) is 0 Å². The quantitative estimate of drug-likeness (QED) is 0.802. The second-order valence-corrected chi connectivity index (χ2v) is 4.23. The van der Waals surface area contributed by atoms with E-state index in [1.165, 1.54) is 5.56 Å². The molecule has 1 aromatic heterocycles. The summed E-state index contributed by atoms with van der Waals surface area (Å²) >= 11 is 3.57. The van der Waals surface area contributed by atoms with Gasteiger partial charge in [0, 0.05) is 18.0 Å². The molecular formula is C9H12BrNO. The van der Waals surface area contributed by atoms with Crippen LogP contribution in [-0.4, -0.2) is 0 Å². The molecule has 0 aromatic carbocycles. The Balaban J connectivity index is 2.47. The van der Waals surface area contributed by atoms with Gasteiger partial charge in [-0.1, -0.05) is 13.8 Å². The minimum Gasteiger partial charge on any atom is -0.463 e. The van der Waals surface area contributed by atoms with Crippen molar-refractivity contribution in [2.75, 3.05) is 0 Å². The van der Waals surface area contributed by atoms with E-state index in [0.29, 0.717) is 5.92 Å². The number of hydrogen-bond donors (Lipinski definition) is 1. The lowest BCUT2D eigenvalue weighted by atomic mass is 10.1. The van der Waals surface area contributed by atoms with Gasteiger partial charge in [0.1, 0.15) is 11.5 Å². The molecule has 2 heterocycles. The Morgan fingerprint density at radius 1 is 1.42 bits per heavy atom. The van der Waals surface area contributed by atoms with E-state index in [-0.39, 0.29) is 0 Å². The van der Waals surface area contributed by atoms with Crippen LogP contribution in [0.15, 0.2) is 8.89 Å². The lowest BCUT2D eigenvalue weighted by Crippen LogP contribution is -2.02. The van der Waals surface area contributed by atoms with Gasteiger partial charge in [0.15, 0.2) is 0 Å². The molecule has 0 saturated heterocycles. The summed E-state index contributed by atoms with van der Waals surface area (Å²) in [5.41, 5.74) is 1.30. The first-order valence-corrected chi connectivity index (χ1v) is 5.00. The smallest absolute Gasteiger partial charge is 0.123 e. The predicted molar refractivity (Wildman–Crippen MR) is 51.0 cm³/mol. The molecular weight excluding hydrogens is 218 g/mol. The summed E-state index contributed by atoms with van der Waals surface area (Å²) in [6.45, 7) is 6.10. The summed E-state index contributed by atoms with van der Waals surface area (Å²) in [6, 6.07) is 0. The molecule has 12 heavy (non-hydrogen) atoms. The van der Waals surface area contributed by atoms with Crippen molar-refractivity contribution in [1.29, 1.82) is 0 Å². The standard InChI is InChI=1S/C9H12BrNO/c1-5(2)9-8(10)6-3-11-4-7(6)12-9/h5,11H,3-4H2,1-2H3. The van der Waals surface area contributed by atoms with Crippen LogP contribution < -0.4 is 5.32 Å². The number of nitrogens with one attached hydrogen (secondary N) is 1. The van der Waals surface area contributed by atoms with E-state index in [2.05, 4.69) is 35.1 Å². The topological polar surface area (TPSA) is 25.2 Å². The van der Waals surface area contributed by atoms with Gasteiger partial charge in [0.05, 0.1) is 11.0 Å². The van der Waals surface area contributed by atoms with Crippen LogP contribution in [0, 0.1) is 0 Å². The molecule has 0 atom stereocenters. The van der Waals surface area contributed by atoms with Gasteiger partial charge in [-0.05, 0) is 15.9 Å². The second kappa shape index (κ2) is 2.89. The summed E-state index contributed by atoms with van der Waals surface area (Å²) in [7, 11) is 0. The van der Waals surface area contributed by atoms with E-state index >= 15 is 0 Å². The largest absolute Gasteiger partial charge is 0.463 e. The second-order valence-electron chi connectivity index (χ2n) is 3.44. The molecule has 0 fully saturated rings. The van der Waals surface area contributed by atoms with Crippen LogP contribution in [0.1, 0.15) is 36.8 Å². The maximum atomic E-state index is 5.71. The predicted octanol–water partition coefficient (Wildman–Crippen LogP) is 2.77. The van der Waals surface area contributed by atoms with Gasteiger partial charge in [-0.25, -0.2) is 0 Å². The Kier molecular flexibility index (Phi) is 2.00. The highest BCUT2D eigenvalue weighted by Crippen LogP contribution is 2.35. The highest BCUT2D eigenvalue weighted by Gasteiger charge is 2.23. The van der Waals surface area contributed by atoms with Gasteiger partial charge in [-0.3, -0.25) is 0 Å². The molecule has 1 aliphatic heterocycles. The first-order valence-electron chi connectivity index (χ1n) is 4.20. The van der Waals surface area contributed by atoms with E-state index in [1.54, 1.807) is 0 Å². The van der Waals surface area contributed by atoms with E-state index in [9.17, 15) is 0 Å². The third-order valence-electron chi connectivity index (χ3n) is 2.16. The van der Waals surface area contributed by atoms with Crippen molar-refractivity contribution in [3.63, 3.8) is 0 Å². The molecule has 1 aliphatic rings. The monoisotopic (exact) mass is 229 g/mol. The molecule has 2 rings (SSSR count). The normalized spacial score (nSPS) is 15.7. The van der Waals surface area contributed by atoms with E-state index in [4.69, 9.17) is 4.42 Å². The highest BCUT2D eigenvalue weighted by atomic mass is 79.9. The van der Waals surface area contributed by atoms with Crippen LogP contribution in [0.3, 0.4) is 0 Å². The molecule has 1 N–H and O–H groups in total. The van der Waals surface area contributed by atoms with Crippen molar-refractivity contribution < 1.29 is 4.42 Å². The van der Waals surface area contributed by atoms with Gasteiger partial charge in [0.25, 0.3) is 0 Å². The molecule has 0 bridgehead atoms. The Morgan fingerprint density at radius 3 is 2.75 bits per heavy atom. The first-order chi connectivity index (χ1) is 5.70. The zero-order valence-corrected chi connectivity index (χ0v) is 8.86. The third-order valence-corrected chi connectivity index (χ3v) is 3.03. The van der Waals surface area contributed by atoms with Gasteiger partial charge < -0.3 is 9.73 Å². The fourth-order valence-electron chi connectivity index (χ4n) is 1.50. The highest BCUT2D eigenvalue weighted by molar-refractivity contribution is 9.10. The zero-order chi connectivity index (χ0) is 8.72. The SMILES string of the molecule is CC(C)c1oc2c(c1Br)CNC2. The van der Waals surface area contributed by atoms with Crippen LogP contribution in [0.2, 0.25) is 0 Å². The van der Waals surface area contributed by atoms with Gasteiger partial charge in [-0.15, -0.1) is 0 Å². The van der Waals surface area contributed by atoms with Crippen LogP contribution >= 0.6 is 15.9 Å². The molecule has 2 nitrogen and oxygen atoms in total. The maximum absolute atomic E-state index is 5.71. The first kappa shape index (κ1) is 8.32. The average Bonchev–Trinajstić information content (AvgIpc) is 2.53. The fourth-order valence-corrected chi connectivity index (χ4v) is 2.40. The lowest BCUT2D eigenvalue weighted by Gasteiger charge is -2.01. The van der Waals surface area contributed by atoms with Crippen molar-refractivity contribution in [3.05, 3.63) is 21.6 Å². The summed E-state index contributed by atoms with van der Waals surface area (Å²) in [5.74, 6) is 2.65. The summed E-state index contributed by atoms with van der Waals surface area (Å²) in [6.07, 6.45) is 0. The van der Waals surface area contributed by atoms with Gasteiger partial charge in [0.2, 0.25) is 0 Å². The summed E-state index contributed by atoms with van der Waals surface area (Å²) in [5, 5.41) is 3.25. The van der Waals surface area contributed by atoms with E-state index in [1.807, 2.05) is 0 Å². The fraction of sp³-hybridized carbons (Fsp3) is 0.556. The van der Waals surface area contributed by atoms with Crippen LogP contribution in [0.4, 0.5) is 0 Å². The molecule has 0 spiro atoms. The molecule has 0 amide bonds.